The summed E-state index contributed by atoms with van der Waals surface area (Å²) in [5.41, 5.74) is 0. The molecule has 0 aromatic heterocycles. The highest BCUT2D eigenvalue weighted by Crippen LogP contribution is 2.14. The van der Waals surface area contributed by atoms with Gasteiger partial charge in [0.05, 0.1) is 0 Å². The van der Waals surface area contributed by atoms with Crippen molar-refractivity contribution in [3.8, 4) is 0 Å². The van der Waals surface area contributed by atoms with Gasteiger partial charge in [-0.2, -0.15) is 0 Å². The molecule has 0 spiro atoms. The van der Waals surface area contributed by atoms with Gasteiger partial charge in [0.2, 0.25) is 0 Å². The van der Waals surface area contributed by atoms with Gasteiger partial charge in [-0.25, -0.2) is 0 Å². The summed E-state index contributed by atoms with van der Waals surface area (Å²) in [5, 5.41) is 9.65. The van der Waals surface area contributed by atoms with Crippen LogP contribution in [0.5, 0.6) is 0 Å². The smallest absolute Gasteiger partial charge is 0.162 e. The molecular formula is C11H24O2. The normalized spacial score (nSPS) is 15.7. The number of hydrogen-bond acceptors (Lipinski definition) is 2. The van der Waals surface area contributed by atoms with Crippen LogP contribution >= 0.6 is 0 Å². The lowest BCUT2D eigenvalue weighted by Gasteiger charge is -2.23. The van der Waals surface area contributed by atoms with Crippen LogP contribution in [0.3, 0.4) is 0 Å². The summed E-state index contributed by atoms with van der Waals surface area (Å²) in [5.74, 6) is -0.902. The summed E-state index contributed by atoms with van der Waals surface area (Å²) in [6.07, 6.45) is 6.46. The molecule has 0 aliphatic carbocycles. The SMILES string of the molecule is CCCCCCOC(C)(O)CCC. The zero-order valence-electron chi connectivity index (χ0n) is 9.31. The summed E-state index contributed by atoms with van der Waals surface area (Å²) in [7, 11) is 0. The second-order valence-corrected chi connectivity index (χ2v) is 3.83. The van der Waals surface area contributed by atoms with Crippen molar-refractivity contribution in [3.63, 3.8) is 0 Å². The Morgan fingerprint density at radius 2 is 1.77 bits per heavy atom. The van der Waals surface area contributed by atoms with E-state index in [0.29, 0.717) is 6.61 Å². The molecule has 0 aromatic rings. The maximum absolute atomic E-state index is 9.65. The molecule has 0 saturated heterocycles. The summed E-state index contributed by atoms with van der Waals surface area (Å²) in [6, 6.07) is 0. The van der Waals surface area contributed by atoms with E-state index in [1.807, 2.05) is 0 Å². The van der Waals surface area contributed by atoms with Crippen LogP contribution in [-0.2, 0) is 4.74 Å². The van der Waals surface area contributed by atoms with E-state index in [2.05, 4.69) is 13.8 Å². The average Bonchev–Trinajstić information content (AvgIpc) is 2.04. The first-order chi connectivity index (χ1) is 6.12. The maximum atomic E-state index is 9.65. The molecule has 0 rings (SSSR count). The van der Waals surface area contributed by atoms with Gasteiger partial charge < -0.3 is 9.84 Å². The van der Waals surface area contributed by atoms with Crippen molar-refractivity contribution in [1.29, 1.82) is 0 Å². The molecule has 0 radical (unpaired) electrons. The van der Waals surface area contributed by atoms with Crippen LogP contribution in [0.1, 0.15) is 59.3 Å². The highest BCUT2D eigenvalue weighted by molar-refractivity contribution is 4.58. The molecular weight excluding hydrogens is 164 g/mol. The Bertz CT molecular complexity index is 111. The second-order valence-electron chi connectivity index (χ2n) is 3.83. The standard InChI is InChI=1S/C11H24O2/c1-4-6-7-8-10-13-11(3,12)9-5-2/h12H,4-10H2,1-3H3. The lowest BCUT2D eigenvalue weighted by atomic mass is 10.2. The van der Waals surface area contributed by atoms with Crippen LogP contribution in [0.4, 0.5) is 0 Å². The van der Waals surface area contributed by atoms with Crippen molar-refractivity contribution in [2.24, 2.45) is 0 Å². The molecule has 0 fully saturated rings. The third-order valence-corrected chi connectivity index (χ3v) is 2.12. The highest BCUT2D eigenvalue weighted by atomic mass is 16.6. The Morgan fingerprint density at radius 1 is 1.08 bits per heavy atom. The minimum absolute atomic E-state index is 0.688. The summed E-state index contributed by atoms with van der Waals surface area (Å²) in [4.78, 5) is 0. The van der Waals surface area contributed by atoms with Crippen molar-refractivity contribution < 1.29 is 9.84 Å². The van der Waals surface area contributed by atoms with Gasteiger partial charge in [-0.05, 0) is 13.3 Å². The van der Waals surface area contributed by atoms with E-state index < -0.39 is 5.79 Å². The van der Waals surface area contributed by atoms with Gasteiger partial charge in [0.15, 0.2) is 5.79 Å². The van der Waals surface area contributed by atoms with E-state index in [-0.39, 0.29) is 0 Å². The van der Waals surface area contributed by atoms with Crippen molar-refractivity contribution in [1.82, 2.24) is 0 Å². The lowest BCUT2D eigenvalue weighted by molar-refractivity contribution is -0.194. The Balaban J connectivity index is 3.29. The van der Waals surface area contributed by atoms with Gasteiger partial charge in [0, 0.05) is 13.0 Å². The van der Waals surface area contributed by atoms with E-state index in [1.54, 1.807) is 6.92 Å². The molecule has 1 atom stereocenters. The van der Waals surface area contributed by atoms with Gasteiger partial charge in [-0.1, -0.05) is 39.5 Å². The molecule has 0 aromatic carbocycles. The van der Waals surface area contributed by atoms with Crippen LogP contribution in [0, 0.1) is 0 Å². The molecule has 2 heteroatoms. The Morgan fingerprint density at radius 3 is 2.31 bits per heavy atom. The fraction of sp³-hybridized carbons (Fsp3) is 1.00. The fourth-order valence-electron chi connectivity index (χ4n) is 1.36. The molecule has 0 bridgehead atoms. The Kier molecular flexibility index (Phi) is 7.29. The van der Waals surface area contributed by atoms with Crippen LogP contribution in [0.15, 0.2) is 0 Å². The number of hydrogen-bond donors (Lipinski definition) is 1. The lowest BCUT2D eigenvalue weighted by Crippen LogP contribution is -2.28. The van der Waals surface area contributed by atoms with Crippen molar-refractivity contribution in [2.45, 2.75) is 65.1 Å². The van der Waals surface area contributed by atoms with Crippen LogP contribution < -0.4 is 0 Å². The summed E-state index contributed by atoms with van der Waals surface area (Å²) in [6.45, 7) is 6.67. The minimum Gasteiger partial charge on any atom is -0.366 e. The largest absolute Gasteiger partial charge is 0.366 e. The molecule has 13 heavy (non-hydrogen) atoms. The number of aliphatic hydroxyl groups is 1. The summed E-state index contributed by atoms with van der Waals surface area (Å²) >= 11 is 0. The molecule has 1 unspecified atom stereocenters. The monoisotopic (exact) mass is 188 g/mol. The molecule has 0 heterocycles. The topological polar surface area (TPSA) is 29.5 Å². The molecule has 0 saturated carbocycles. The number of unbranched alkanes of at least 4 members (excludes halogenated alkanes) is 3. The fourth-order valence-corrected chi connectivity index (χ4v) is 1.36. The van der Waals surface area contributed by atoms with Gasteiger partial charge in [-0.3, -0.25) is 0 Å². The average molecular weight is 188 g/mol. The number of ether oxygens (including phenoxy) is 1. The van der Waals surface area contributed by atoms with E-state index in [0.717, 1.165) is 19.3 Å². The van der Waals surface area contributed by atoms with Gasteiger partial charge in [0.1, 0.15) is 0 Å². The zero-order chi connectivity index (χ0) is 10.2. The molecule has 1 N–H and O–H groups in total. The first-order valence-corrected chi connectivity index (χ1v) is 5.48. The van der Waals surface area contributed by atoms with E-state index in [4.69, 9.17) is 4.74 Å². The minimum atomic E-state index is -0.902. The van der Waals surface area contributed by atoms with Crippen molar-refractivity contribution >= 4 is 0 Å². The van der Waals surface area contributed by atoms with Crippen molar-refractivity contribution in [2.75, 3.05) is 6.61 Å². The Labute approximate surface area is 82.3 Å². The molecule has 0 aliphatic rings. The first kappa shape index (κ1) is 12.9. The summed E-state index contributed by atoms with van der Waals surface area (Å²) < 4.78 is 5.37. The highest BCUT2D eigenvalue weighted by Gasteiger charge is 2.18. The first-order valence-electron chi connectivity index (χ1n) is 5.48. The van der Waals surface area contributed by atoms with Crippen LogP contribution in [0.25, 0.3) is 0 Å². The van der Waals surface area contributed by atoms with Gasteiger partial charge in [-0.15, -0.1) is 0 Å². The molecule has 0 amide bonds. The molecule has 2 nitrogen and oxygen atoms in total. The number of rotatable bonds is 8. The molecule has 0 aliphatic heterocycles. The second kappa shape index (κ2) is 7.34. The predicted octanol–water partition coefficient (Wildman–Crippen LogP) is 3.09. The van der Waals surface area contributed by atoms with Crippen LogP contribution in [-0.4, -0.2) is 17.5 Å². The van der Waals surface area contributed by atoms with Gasteiger partial charge in [0.25, 0.3) is 0 Å². The van der Waals surface area contributed by atoms with E-state index >= 15 is 0 Å². The van der Waals surface area contributed by atoms with E-state index in [1.165, 1.54) is 19.3 Å². The van der Waals surface area contributed by atoms with Gasteiger partial charge >= 0.3 is 0 Å². The van der Waals surface area contributed by atoms with Crippen molar-refractivity contribution in [3.05, 3.63) is 0 Å². The Hall–Kier alpha value is -0.0800. The maximum Gasteiger partial charge on any atom is 0.162 e. The third kappa shape index (κ3) is 8.26. The zero-order valence-corrected chi connectivity index (χ0v) is 9.31. The third-order valence-electron chi connectivity index (χ3n) is 2.12. The van der Waals surface area contributed by atoms with E-state index in [9.17, 15) is 5.11 Å². The molecule has 80 valence electrons. The quantitative estimate of drug-likeness (QED) is 0.468. The van der Waals surface area contributed by atoms with Crippen LogP contribution in [0.2, 0.25) is 0 Å². The predicted molar refractivity (Wildman–Crippen MR) is 55.6 cm³/mol.